The summed E-state index contributed by atoms with van der Waals surface area (Å²) in [5.41, 5.74) is 1.85. The Kier molecular flexibility index (Phi) is 4.94. The van der Waals surface area contributed by atoms with Crippen LogP contribution in [0.2, 0.25) is 0 Å². The number of fused-ring (bicyclic) bond motifs is 1. The molecule has 1 N–H and O–H groups in total. The van der Waals surface area contributed by atoms with Crippen molar-refractivity contribution in [3.63, 3.8) is 0 Å². The van der Waals surface area contributed by atoms with Gasteiger partial charge in [-0.1, -0.05) is 19.8 Å². The van der Waals surface area contributed by atoms with E-state index >= 15 is 0 Å². The molecule has 8 nitrogen and oxygen atoms in total. The first kappa shape index (κ1) is 19.3. The van der Waals surface area contributed by atoms with Crippen LogP contribution in [0.5, 0.6) is 0 Å². The monoisotopic (exact) mass is 397 g/mol. The summed E-state index contributed by atoms with van der Waals surface area (Å²) in [6.07, 6.45) is 4.41. The predicted molar refractivity (Wildman–Crippen MR) is 103 cm³/mol. The number of hydrogen-bond donors (Lipinski definition) is 1. The van der Waals surface area contributed by atoms with Gasteiger partial charge in [0, 0.05) is 23.7 Å². The van der Waals surface area contributed by atoms with Gasteiger partial charge >= 0.3 is 17.8 Å². The third kappa shape index (κ3) is 3.43. The lowest BCUT2D eigenvalue weighted by molar-refractivity contribution is -0.144. The number of amides is 5. The zero-order chi connectivity index (χ0) is 20.7. The number of carbonyl (C=O) groups excluding carboxylic acids is 5. The maximum atomic E-state index is 12.8. The van der Waals surface area contributed by atoms with Crippen LogP contribution in [-0.4, -0.2) is 51.9 Å². The van der Waals surface area contributed by atoms with E-state index < -0.39 is 30.2 Å². The average Bonchev–Trinajstić information content (AvgIpc) is 2.91. The molecule has 152 valence electrons. The fourth-order valence-corrected chi connectivity index (χ4v) is 4.43. The molecule has 2 fully saturated rings. The standard InChI is InChI=1S/C21H23N3O5/c1-12-4-2-3-5-16(12)24-20(28)19(27)23(21(24)29)11-17(25)14-6-8-15-13(10-14)7-9-18(26)22-15/h6,8,10,12,16H,2-5,7,9,11H2,1H3,(H,22,26)/t12-,16-/m1/s1. The Hall–Kier alpha value is -3.03. The van der Waals surface area contributed by atoms with Crippen LogP contribution in [0, 0.1) is 5.92 Å². The average molecular weight is 397 g/mol. The summed E-state index contributed by atoms with van der Waals surface area (Å²) in [5.74, 6) is -2.13. The Balaban J connectivity index is 1.51. The van der Waals surface area contributed by atoms with Gasteiger partial charge in [-0.25, -0.2) is 9.69 Å². The molecule has 4 rings (SSSR count). The zero-order valence-corrected chi connectivity index (χ0v) is 16.3. The number of hydrogen-bond acceptors (Lipinski definition) is 5. The zero-order valence-electron chi connectivity index (χ0n) is 16.3. The fourth-order valence-electron chi connectivity index (χ4n) is 4.43. The number of rotatable bonds is 4. The highest BCUT2D eigenvalue weighted by atomic mass is 16.2. The first-order chi connectivity index (χ1) is 13.9. The van der Waals surface area contributed by atoms with Gasteiger partial charge in [0.05, 0.1) is 6.54 Å². The Morgan fingerprint density at radius 3 is 2.59 bits per heavy atom. The van der Waals surface area contributed by atoms with E-state index in [1.807, 2.05) is 6.92 Å². The van der Waals surface area contributed by atoms with Gasteiger partial charge in [-0.15, -0.1) is 0 Å². The van der Waals surface area contributed by atoms with E-state index in [0.29, 0.717) is 30.5 Å². The first-order valence-electron chi connectivity index (χ1n) is 10.0. The summed E-state index contributed by atoms with van der Waals surface area (Å²) < 4.78 is 0. The highest BCUT2D eigenvalue weighted by Gasteiger charge is 2.49. The van der Waals surface area contributed by atoms with Crippen molar-refractivity contribution in [1.82, 2.24) is 9.80 Å². The summed E-state index contributed by atoms with van der Waals surface area (Å²) in [7, 11) is 0. The number of anilines is 1. The fraction of sp³-hybridized carbons (Fsp3) is 0.476. The maximum absolute atomic E-state index is 12.8. The normalized spacial score (nSPS) is 24.6. The van der Waals surface area contributed by atoms with Crippen LogP contribution >= 0.6 is 0 Å². The minimum atomic E-state index is -0.939. The number of urea groups is 1. The first-order valence-corrected chi connectivity index (χ1v) is 10.0. The van der Waals surface area contributed by atoms with Crippen molar-refractivity contribution in [2.45, 2.75) is 51.5 Å². The minimum absolute atomic E-state index is 0.0691. The molecule has 5 amide bonds. The topological polar surface area (TPSA) is 104 Å². The maximum Gasteiger partial charge on any atom is 0.334 e. The molecule has 2 heterocycles. The van der Waals surface area contributed by atoms with Gasteiger partial charge in [0.2, 0.25) is 5.91 Å². The van der Waals surface area contributed by atoms with E-state index in [9.17, 15) is 24.0 Å². The summed E-state index contributed by atoms with van der Waals surface area (Å²) in [4.78, 5) is 63.7. The van der Waals surface area contributed by atoms with Crippen LogP contribution < -0.4 is 5.32 Å². The lowest BCUT2D eigenvalue weighted by Crippen LogP contribution is -2.46. The molecule has 0 bridgehead atoms. The van der Waals surface area contributed by atoms with Crippen LogP contribution in [-0.2, 0) is 20.8 Å². The van der Waals surface area contributed by atoms with Crippen molar-refractivity contribution in [2.24, 2.45) is 5.92 Å². The van der Waals surface area contributed by atoms with Crippen LogP contribution in [0.15, 0.2) is 18.2 Å². The molecule has 3 aliphatic rings. The predicted octanol–water partition coefficient (Wildman–Crippen LogP) is 2.12. The van der Waals surface area contributed by atoms with Crippen LogP contribution in [0.3, 0.4) is 0 Å². The molecule has 1 aliphatic carbocycles. The molecule has 1 saturated carbocycles. The second-order valence-corrected chi connectivity index (χ2v) is 8.02. The molecule has 2 aliphatic heterocycles. The Labute approximate surface area is 168 Å². The quantitative estimate of drug-likeness (QED) is 0.476. The lowest BCUT2D eigenvalue weighted by atomic mass is 9.85. The van der Waals surface area contributed by atoms with Gasteiger partial charge in [0.15, 0.2) is 5.78 Å². The van der Waals surface area contributed by atoms with Gasteiger partial charge in [-0.3, -0.25) is 24.1 Å². The molecule has 1 aromatic rings. The van der Waals surface area contributed by atoms with Crippen molar-refractivity contribution >= 4 is 35.2 Å². The summed E-state index contributed by atoms with van der Waals surface area (Å²) >= 11 is 0. The van der Waals surface area contributed by atoms with Crippen LogP contribution in [0.1, 0.15) is 54.9 Å². The molecule has 0 aromatic heterocycles. The van der Waals surface area contributed by atoms with E-state index in [1.165, 1.54) is 0 Å². The Morgan fingerprint density at radius 1 is 1.07 bits per heavy atom. The number of imide groups is 2. The molecule has 1 saturated heterocycles. The summed E-state index contributed by atoms with van der Waals surface area (Å²) in [6, 6.07) is 3.89. The van der Waals surface area contributed by atoms with Crippen molar-refractivity contribution in [2.75, 3.05) is 11.9 Å². The van der Waals surface area contributed by atoms with Crippen LogP contribution in [0.4, 0.5) is 10.5 Å². The van der Waals surface area contributed by atoms with E-state index in [0.717, 1.165) is 34.6 Å². The molecule has 0 unspecified atom stereocenters. The largest absolute Gasteiger partial charge is 0.334 e. The van der Waals surface area contributed by atoms with Gasteiger partial charge in [0.25, 0.3) is 0 Å². The third-order valence-electron chi connectivity index (χ3n) is 6.11. The van der Waals surface area contributed by atoms with Crippen molar-refractivity contribution < 1.29 is 24.0 Å². The minimum Gasteiger partial charge on any atom is -0.326 e. The number of ketones is 1. The number of Topliss-reactive ketones (excluding diaryl/α,β-unsaturated/α-hetero) is 1. The molecule has 0 radical (unpaired) electrons. The van der Waals surface area contributed by atoms with Crippen molar-refractivity contribution in [3.8, 4) is 0 Å². The second kappa shape index (κ2) is 7.42. The van der Waals surface area contributed by atoms with Gasteiger partial charge < -0.3 is 5.32 Å². The smallest absolute Gasteiger partial charge is 0.326 e. The number of carbonyl (C=O) groups is 5. The van der Waals surface area contributed by atoms with E-state index in [2.05, 4.69) is 5.32 Å². The Morgan fingerprint density at radius 2 is 1.83 bits per heavy atom. The van der Waals surface area contributed by atoms with Gasteiger partial charge in [-0.05, 0) is 48.9 Å². The third-order valence-corrected chi connectivity index (χ3v) is 6.11. The van der Waals surface area contributed by atoms with Crippen molar-refractivity contribution in [1.29, 1.82) is 0 Å². The number of nitrogens with one attached hydrogen (secondary N) is 1. The van der Waals surface area contributed by atoms with E-state index in [-0.39, 0.29) is 17.9 Å². The number of aryl methyl sites for hydroxylation is 1. The molecular formula is C21H23N3O5. The molecule has 2 atom stereocenters. The number of benzene rings is 1. The van der Waals surface area contributed by atoms with E-state index in [1.54, 1.807) is 18.2 Å². The van der Waals surface area contributed by atoms with E-state index in [4.69, 9.17) is 0 Å². The number of nitrogens with zero attached hydrogens (tertiary/aromatic N) is 2. The highest BCUT2D eigenvalue weighted by Crippen LogP contribution is 2.31. The molecule has 1 aromatic carbocycles. The molecule has 0 spiro atoms. The van der Waals surface area contributed by atoms with Gasteiger partial charge in [-0.2, -0.15) is 0 Å². The van der Waals surface area contributed by atoms with Crippen LogP contribution in [0.25, 0.3) is 0 Å². The molecular weight excluding hydrogens is 374 g/mol. The van der Waals surface area contributed by atoms with Gasteiger partial charge in [0.1, 0.15) is 0 Å². The summed E-state index contributed by atoms with van der Waals surface area (Å²) in [6.45, 7) is 1.51. The summed E-state index contributed by atoms with van der Waals surface area (Å²) in [5, 5.41) is 2.75. The molecule has 29 heavy (non-hydrogen) atoms. The lowest BCUT2D eigenvalue weighted by Gasteiger charge is -2.34. The molecule has 8 heteroatoms. The SMILES string of the molecule is C[C@@H]1CCCC[C@H]1N1C(=O)C(=O)N(CC(=O)c2ccc3c(c2)CCC(=O)N3)C1=O. The van der Waals surface area contributed by atoms with Crippen molar-refractivity contribution in [3.05, 3.63) is 29.3 Å². The Bertz CT molecular complexity index is 925. The highest BCUT2D eigenvalue weighted by molar-refractivity contribution is 6.45. The second-order valence-electron chi connectivity index (χ2n) is 8.02.